The third-order valence-corrected chi connectivity index (χ3v) is 6.82. The molecule has 3 N–H and O–H groups in total. The maximum atomic E-state index is 13.3. The fraction of sp³-hybridized carbons (Fsp3) is 0.727. The average Bonchev–Trinajstić information content (AvgIpc) is 2.68. The van der Waals surface area contributed by atoms with Gasteiger partial charge in [-0.3, -0.25) is 9.88 Å². The first-order valence-electron chi connectivity index (χ1n) is 11.6. The lowest BCUT2D eigenvalue weighted by Gasteiger charge is -2.42. The highest BCUT2D eigenvalue weighted by atomic mass is 28.2. The molecule has 0 bridgehead atoms. The van der Waals surface area contributed by atoms with E-state index in [1.165, 1.54) is 0 Å². The van der Waals surface area contributed by atoms with E-state index in [1.807, 2.05) is 20.8 Å². The second-order valence-corrected chi connectivity index (χ2v) is 12.0. The first kappa shape index (κ1) is 26.8. The molecular formula is C22H42N4O4Si2. The molecule has 2 atom stereocenters. The molecule has 2 heterocycles. The van der Waals surface area contributed by atoms with Crippen LogP contribution in [0.3, 0.4) is 0 Å². The number of nitrogens with zero attached hydrogens (tertiary/aromatic N) is 2. The summed E-state index contributed by atoms with van der Waals surface area (Å²) < 4.78 is 17.9. The van der Waals surface area contributed by atoms with Crippen molar-refractivity contribution in [2.75, 3.05) is 23.7 Å². The summed E-state index contributed by atoms with van der Waals surface area (Å²) in [5.41, 5.74) is 6.61. The first-order chi connectivity index (χ1) is 15.0. The summed E-state index contributed by atoms with van der Waals surface area (Å²) in [6.45, 7) is 15.9. The molecule has 182 valence electrons. The molecule has 2 rings (SSSR count). The molecule has 0 saturated carbocycles. The third kappa shape index (κ3) is 7.55. The Balaban J connectivity index is 2.24. The normalized spacial score (nSPS) is 21.3. The van der Waals surface area contributed by atoms with Crippen LogP contribution in [-0.4, -0.2) is 61.6 Å². The number of nitrogens with two attached hydrogens (primary N) is 1. The van der Waals surface area contributed by atoms with Crippen LogP contribution in [-0.2, 0) is 13.6 Å². The van der Waals surface area contributed by atoms with Gasteiger partial charge in [0.05, 0.1) is 23.6 Å². The van der Waals surface area contributed by atoms with E-state index in [-0.39, 0.29) is 23.8 Å². The van der Waals surface area contributed by atoms with Crippen LogP contribution < -0.4 is 16.0 Å². The lowest BCUT2D eigenvalue weighted by molar-refractivity contribution is -0.0889. The summed E-state index contributed by atoms with van der Waals surface area (Å²) in [6.07, 6.45) is 4.48. The molecule has 1 aliphatic heterocycles. The minimum absolute atomic E-state index is 0.0783. The summed E-state index contributed by atoms with van der Waals surface area (Å²) in [7, 11) is -1.14. The molecule has 1 aromatic heterocycles. The molecule has 10 heteroatoms. The number of rotatable bonds is 9. The highest BCUT2D eigenvalue weighted by Crippen LogP contribution is 2.36. The van der Waals surface area contributed by atoms with Crippen LogP contribution in [0.4, 0.5) is 16.2 Å². The van der Waals surface area contributed by atoms with Crippen molar-refractivity contribution in [2.24, 2.45) is 11.3 Å². The van der Waals surface area contributed by atoms with Crippen molar-refractivity contribution in [1.82, 2.24) is 10.3 Å². The maximum Gasteiger partial charge on any atom is 0.415 e. The van der Waals surface area contributed by atoms with E-state index in [4.69, 9.17) is 19.3 Å². The Morgan fingerprint density at radius 3 is 2.47 bits per heavy atom. The SMILES string of the molecule is C[SiH2]OC(O[SiH2]C)C(C)(C)CC1CNCC(N(C(=O)OC(C)(C)C)c2ccncc2N)C1. The smallest absolute Gasteiger partial charge is 0.415 e. The minimum atomic E-state index is -0.601. The van der Waals surface area contributed by atoms with Crippen LogP contribution >= 0.6 is 0 Å². The van der Waals surface area contributed by atoms with Crippen LogP contribution in [0.1, 0.15) is 47.5 Å². The first-order valence-corrected chi connectivity index (χ1v) is 15.6. The number of aromatic nitrogens is 1. The summed E-state index contributed by atoms with van der Waals surface area (Å²) >= 11 is 0. The monoisotopic (exact) mass is 482 g/mol. The molecule has 1 saturated heterocycles. The lowest BCUT2D eigenvalue weighted by atomic mass is 9.78. The molecule has 2 unspecified atom stereocenters. The van der Waals surface area contributed by atoms with Gasteiger partial charge in [-0.2, -0.15) is 0 Å². The van der Waals surface area contributed by atoms with E-state index >= 15 is 0 Å². The zero-order chi connectivity index (χ0) is 23.9. The Labute approximate surface area is 197 Å². The number of hydrogen-bond donors (Lipinski definition) is 2. The Kier molecular flexibility index (Phi) is 9.71. The zero-order valence-electron chi connectivity index (χ0n) is 20.8. The van der Waals surface area contributed by atoms with Gasteiger partial charge in [0.25, 0.3) is 0 Å². The second kappa shape index (κ2) is 11.6. The fourth-order valence-electron chi connectivity index (χ4n) is 4.37. The van der Waals surface area contributed by atoms with Gasteiger partial charge in [0.15, 0.2) is 19.5 Å². The van der Waals surface area contributed by atoms with Crippen LogP contribution in [0.15, 0.2) is 18.5 Å². The van der Waals surface area contributed by atoms with E-state index in [0.717, 1.165) is 19.4 Å². The predicted octanol–water partition coefficient (Wildman–Crippen LogP) is 2.42. The summed E-state index contributed by atoms with van der Waals surface area (Å²) in [6, 6.07) is 1.70. The van der Waals surface area contributed by atoms with Crippen molar-refractivity contribution in [3.05, 3.63) is 18.5 Å². The number of piperidine rings is 1. The molecule has 0 radical (unpaired) electrons. The molecule has 1 aliphatic rings. The third-order valence-electron chi connectivity index (χ3n) is 5.55. The van der Waals surface area contributed by atoms with Crippen molar-refractivity contribution in [3.8, 4) is 0 Å². The van der Waals surface area contributed by atoms with Gasteiger partial charge in [0.2, 0.25) is 0 Å². The molecule has 8 nitrogen and oxygen atoms in total. The number of carbonyl (C=O) groups excluding carboxylic acids is 1. The van der Waals surface area contributed by atoms with Crippen molar-refractivity contribution < 1.29 is 18.4 Å². The Bertz CT molecular complexity index is 739. The van der Waals surface area contributed by atoms with Crippen LogP contribution in [0.2, 0.25) is 13.1 Å². The number of nitrogen functional groups attached to an aromatic ring is 1. The number of nitrogens with one attached hydrogen (secondary N) is 1. The van der Waals surface area contributed by atoms with Crippen LogP contribution in [0.25, 0.3) is 0 Å². The fourth-order valence-corrected chi connectivity index (χ4v) is 6.27. The Hall–Kier alpha value is -1.47. The predicted molar refractivity (Wildman–Crippen MR) is 135 cm³/mol. The van der Waals surface area contributed by atoms with Gasteiger partial charge < -0.3 is 24.6 Å². The standard InChI is InChI=1S/C22H42N4O4Si2/c1-21(2,3)28-20(27)26(18-8-9-24-14-17(18)23)16-10-15(12-25-13-16)11-22(4,5)19(29-31-6)30-32-7/h8-9,14-16,19,25H,10-13,23,31-32H2,1-7H3. The summed E-state index contributed by atoms with van der Waals surface area (Å²) in [5, 5.41) is 3.53. The second-order valence-electron chi connectivity index (χ2n) is 10.1. The Morgan fingerprint density at radius 1 is 1.25 bits per heavy atom. The van der Waals surface area contributed by atoms with E-state index in [2.05, 4.69) is 37.2 Å². The molecular weight excluding hydrogens is 440 g/mol. The number of pyridine rings is 1. The average molecular weight is 483 g/mol. The van der Waals surface area contributed by atoms with Crippen LogP contribution in [0, 0.1) is 11.3 Å². The molecule has 0 aliphatic carbocycles. The number of amides is 1. The molecule has 0 spiro atoms. The van der Waals surface area contributed by atoms with Gasteiger partial charge in [0, 0.05) is 18.2 Å². The number of ether oxygens (including phenoxy) is 1. The van der Waals surface area contributed by atoms with Gasteiger partial charge in [0.1, 0.15) is 11.9 Å². The quantitative estimate of drug-likeness (QED) is 0.412. The summed E-state index contributed by atoms with van der Waals surface area (Å²) in [5.74, 6) is 0.364. The van der Waals surface area contributed by atoms with E-state index in [9.17, 15) is 4.79 Å². The largest absolute Gasteiger partial charge is 0.443 e. The molecule has 1 aromatic rings. The lowest BCUT2D eigenvalue weighted by Crippen LogP contribution is -2.53. The molecule has 1 amide bonds. The van der Waals surface area contributed by atoms with E-state index in [0.29, 0.717) is 23.8 Å². The number of carbonyl (C=O) groups is 1. The van der Waals surface area contributed by atoms with Gasteiger partial charge in [-0.1, -0.05) is 26.9 Å². The van der Waals surface area contributed by atoms with Gasteiger partial charge >= 0.3 is 6.09 Å². The van der Waals surface area contributed by atoms with Crippen LogP contribution in [0.5, 0.6) is 0 Å². The van der Waals surface area contributed by atoms with Gasteiger partial charge in [-0.15, -0.1) is 0 Å². The number of anilines is 2. The number of hydrogen-bond acceptors (Lipinski definition) is 7. The molecule has 0 aromatic carbocycles. The van der Waals surface area contributed by atoms with E-state index < -0.39 is 25.1 Å². The maximum absolute atomic E-state index is 13.3. The topological polar surface area (TPSA) is 98.9 Å². The zero-order valence-corrected chi connectivity index (χ0v) is 23.6. The van der Waals surface area contributed by atoms with Gasteiger partial charge in [-0.25, -0.2) is 4.79 Å². The Morgan fingerprint density at radius 2 is 1.91 bits per heavy atom. The van der Waals surface area contributed by atoms with Gasteiger partial charge in [-0.05, 0) is 52.1 Å². The summed E-state index contributed by atoms with van der Waals surface area (Å²) in [4.78, 5) is 19.0. The molecule has 1 fully saturated rings. The highest BCUT2D eigenvalue weighted by molar-refractivity contribution is 6.26. The van der Waals surface area contributed by atoms with Crippen molar-refractivity contribution in [2.45, 2.75) is 78.5 Å². The minimum Gasteiger partial charge on any atom is -0.443 e. The van der Waals surface area contributed by atoms with Crippen molar-refractivity contribution in [3.63, 3.8) is 0 Å². The van der Waals surface area contributed by atoms with Crippen molar-refractivity contribution >= 4 is 37.0 Å². The molecule has 32 heavy (non-hydrogen) atoms. The highest BCUT2D eigenvalue weighted by Gasteiger charge is 2.38. The van der Waals surface area contributed by atoms with Crippen molar-refractivity contribution in [1.29, 1.82) is 0 Å². The van der Waals surface area contributed by atoms with E-state index in [1.54, 1.807) is 23.4 Å².